The molecule has 0 radical (unpaired) electrons. The minimum Gasteiger partial charge on any atom is -0.598 e. The number of hydrogen-bond acceptors (Lipinski definition) is 15. The maximum absolute atomic E-state index is 8.48. The smallest absolute Gasteiger partial charge is 0.598 e. The van der Waals surface area contributed by atoms with Gasteiger partial charge in [0.05, 0.1) is 0 Å². The fourth-order valence-electron chi connectivity index (χ4n) is 0. The van der Waals surface area contributed by atoms with Crippen LogP contribution in [0.25, 0.3) is 0 Å². The van der Waals surface area contributed by atoms with E-state index in [1.165, 1.54) is 0 Å². The summed E-state index contributed by atoms with van der Waals surface area (Å²) in [4.78, 5) is 84.8. The average Bonchev–Trinajstić information content (AvgIpc) is 1.94. The molecule has 0 saturated heterocycles. The molecule has 0 atom stereocenters. The van der Waals surface area contributed by atoms with Crippen LogP contribution in [-0.4, -0.2) is 75.5 Å². The molecule has 23 heteroatoms. The van der Waals surface area contributed by atoms with Gasteiger partial charge in [0.2, 0.25) is 0 Å². The van der Waals surface area contributed by atoms with E-state index in [2.05, 4.69) is 0 Å². The minimum atomic E-state index is -3.37. The largest absolute Gasteiger partial charge is 2.00 e. The Kier molecular flexibility index (Phi) is 98.1. The van der Waals surface area contributed by atoms with Crippen LogP contribution in [0.5, 0.6) is 0 Å². The molecule has 0 aromatic rings. The first kappa shape index (κ1) is 50.4. The van der Waals surface area contributed by atoms with E-state index in [0.717, 1.165) is 0 Å². The Hall–Kier alpha value is 3.62. The van der Waals surface area contributed by atoms with E-state index in [-0.39, 0.29) is 105 Å². The molecule has 15 nitrogen and oxygen atoms in total. The number of rotatable bonds is 0. The summed E-state index contributed by atoms with van der Waals surface area (Å²) >= 11 is 0. The molecule has 0 fully saturated rings. The monoisotopic (exact) mass is 498 g/mol. The van der Waals surface area contributed by atoms with Crippen molar-refractivity contribution < 1.29 is 101 Å². The van der Waals surface area contributed by atoms with Crippen LogP contribution in [0, 0.1) is 0 Å². The van der Waals surface area contributed by atoms with E-state index < -0.39 is 41.3 Å². The molecule has 0 spiro atoms. The zero-order valence-corrected chi connectivity index (χ0v) is 21.7. The quantitative estimate of drug-likeness (QED) is 0.221. The summed E-state index contributed by atoms with van der Waals surface area (Å²) in [5.74, 6) is 0. The van der Waals surface area contributed by atoms with Gasteiger partial charge in [-0.2, -0.15) is 0 Å². The first-order valence-electron chi connectivity index (χ1n) is 2.74. The van der Waals surface area contributed by atoms with Gasteiger partial charge >= 0.3 is 105 Å². The summed E-state index contributed by atoms with van der Waals surface area (Å²) in [6, 6.07) is 0. The summed E-state index contributed by atoms with van der Waals surface area (Å²) in [7, 11) is -16.9. The molecule has 0 aliphatic rings. The average molecular weight is 498 g/mol. The van der Waals surface area contributed by atoms with E-state index in [0.29, 0.717) is 0 Å². The van der Waals surface area contributed by atoms with Gasteiger partial charge in [-0.3, -0.25) is 0 Å². The molecule has 0 aromatic carbocycles. The second-order valence-corrected chi connectivity index (χ2v) is 3.35. The number of hydrogen-bond donors (Lipinski definition) is 0. The van der Waals surface area contributed by atoms with E-state index in [4.69, 9.17) is 71.8 Å². The van der Waals surface area contributed by atoms with Crippen molar-refractivity contribution in [3.8, 4) is 0 Å². The van der Waals surface area contributed by atoms with Gasteiger partial charge in [-0.05, 0) is 0 Å². The fourth-order valence-corrected chi connectivity index (χ4v) is 0. The zero-order valence-electron chi connectivity index (χ0n) is 10.8. The van der Waals surface area contributed by atoms with E-state index >= 15 is 0 Å². The summed E-state index contributed by atoms with van der Waals surface area (Å²) in [5, 5.41) is 0. The van der Waals surface area contributed by atoms with Gasteiger partial charge < -0.3 is 48.9 Å². The van der Waals surface area contributed by atoms with Crippen LogP contribution in [0.2, 0.25) is 0 Å². The zero-order chi connectivity index (χ0) is 17.9. The molecule has 0 rings (SSSR count). The maximum Gasteiger partial charge on any atom is 2.00 e. The SMILES string of the molecule is O=[P+]([O-])[O-].O=[P+]([O-])[O-].O=[P+]([O-])[O-].O=[P+]([O-])[O-].O=[P+]([O-])[O-].[Ca+2].[Ca+2].[Na+]. The topological polar surface area (TPSA) is 316 Å². The van der Waals surface area contributed by atoms with Gasteiger partial charge in [-0.1, -0.05) is 22.8 Å². The molecule has 23 heavy (non-hydrogen) atoms. The van der Waals surface area contributed by atoms with Crippen LogP contribution in [0.15, 0.2) is 0 Å². The maximum atomic E-state index is 8.48. The van der Waals surface area contributed by atoms with Crippen molar-refractivity contribution >= 4 is 117 Å². The third-order valence-corrected chi connectivity index (χ3v) is 0. The van der Waals surface area contributed by atoms with Gasteiger partial charge in [-0.25, -0.2) is 0 Å². The van der Waals surface area contributed by atoms with Gasteiger partial charge in [-0.15, -0.1) is 0 Å². The second-order valence-electron chi connectivity index (χ2n) is 1.12. The third-order valence-electron chi connectivity index (χ3n) is 0. The Bertz CT molecular complexity index is 217. The fraction of sp³-hybridized carbons (Fsp3) is 0. The van der Waals surface area contributed by atoms with Crippen molar-refractivity contribution in [1.82, 2.24) is 0 Å². The van der Waals surface area contributed by atoms with Gasteiger partial charge in [0.25, 0.3) is 41.3 Å². The van der Waals surface area contributed by atoms with Gasteiger partial charge in [0.15, 0.2) is 0 Å². The normalized spacial score (nSPS) is 5.65. The Balaban J connectivity index is -0.0000000197. The van der Waals surface area contributed by atoms with Crippen LogP contribution in [0.4, 0.5) is 0 Å². The Morgan fingerprint density at radius 2 is 0.348 bits per heavy atom. The van der Waals surface area contributed by atoms with Crippen molar-refractivity contribution in [1.29, 1.82) is 0 Å². The van der Waals surface area contributed by atoms with Crippen LogP contribution in [0.1, 0.15) is 0 Å². The van der Waals surface area contributed by atoms with Crippen molar-refractivity contribution in [3.63, 3.8) is 0 Å². The molecule has 0 N–H and O–H groups in total. The van der Waals surface area contributed by atoms with Crippen LogP contribution in [0.3, 0.4) is 0 Å². The predicted molar refractivity (Wildman–Crippen MR) is 49.5 cm³/mol. The Morgan fingerprint density at radius 1 is 0.348 bits per heavy atom. The van der Waals surface area contributed by atoms with E-state index in [1.807, 2.05) is 0 Å². The first-order valence-corrected chi connectivity index (χ1v) is 8.22. The van der Waals surface area contributed by atoms with Gasteiger partial charge in [0.1, 0.15) is 0 Å². The van der Waals surface area contributed by atoms with E-state index in [9.17, 15) is 0 Å². The van der Waals surface area contributed by atoms with Crippen LogP contribution >= 0.6 is 41.3 Å². The van der Waals surface area contributed by atoms with Crippen molar-refractivity contribution in [2.24, 2.45) is 0 Å². The minimum absolute atomic E-state index is 0. The van der Waals surface area contributed by atoms with Crippen LogP contribution < -0.4 is 78.5 Å². The molecule has 0 aromatic heterocycles. The van der Waals surface area contributed by atoms with Crippen molar-refractivity contribution in [2.45, 2.75) is 0 Å². The summed E-state index contributed by atoms with van der Waals surface area (Å²) in [6.45, 7) is 0. The predicted octanol–water partition coefficient (Wildman–Crippen LogP) is -11.9. The molecule has 0 saturated carbocycles. The van der Waals surface area contributed by atoms with Crippen molar-refractivity contribution in [3.05, 3.63) is 0 Å². The summed E-state index contributed by atoms with van der Waals surface area (Å²) < 4.78 is 42.4. The molecular weight excluding hydrogens is 498 g/mol. The summed E-state index contributed by atoms with van der Waals surface area (Å²) in [6.07, 6.45) is 0. The molecule has 0 bridgehead atoms. The molecule has 0 aliphatic heterocycles. The molecule has 0 heterocycles. The Morgan fingerprint density at radius 3 is 0.348 bits per heavy atom. The molecule has 0 amide bonds. The first-order chi connectivity index (χ1) is 8.66. The molecule has 0 unspecified atom stereocenters. The second kappa shape index (κ2) is 44.8. The molecular formula is Ca2NaO15P5. The molecule has 120 valence electrons. The van der Waals surface area contributed by atoms with Crippen molar-refractivity contribution in [2.75, 3.05) is 0 Å². The molecule has 0 aliphatic carbocycles. The Labute approximate surface area is 214 Å². The van der Waals surface area contributed by atoms with Gasteiger partial charge in [0, 0.05) is 0 Å². The third kappa shape index (κ3) is 1090. The summed E-state index contributed by atoms with van der Waals surface area (Å²) in [5.41, 5.74) is 0. The standard InChI is InChI=1S/2Ca.Na.5HO3P/c;;;5*1-4(2)3/h;;;5*(H,1,2,3)/q2*+2;+1;;;;;/p-5. The van der Waals surface area contributed by atoms with E-state index in [1.54, 1.807) is 0 Å². The van der Waals surface area contributed by atoms with Crippen LogP contribution in [-0.2, 0) is 22.8 Å².